The van der Waals surface area contributed by atoms with Crippen molar-refractivity contribution in [3.8, 4) is 0 Å². The predicted octanol–water partition coefficient (Wildman–Crippen LogP) is 3.27. The smallest absolute Gasteiger partial charge is 0.271 e. The van der Waals surface area contributed by atoms with Gasteiger partial charge in [-0.2, -0.15) is 5.10 Å². The quantitative estimate of drug-likeness (QED) is 0.845. The Bertz CT molecular complexity index is 865. The summed E-state index contributed by atoms with van der Waals surface area (Å²) in [7, 11) is 1.78. The summed E-state index contributed by atoms with van der Waals surface area (Å²) in [5.74, 6) is -0.224. The number of likely N-dealkylation sites (tertiary alicyclic amines) is 1. The van der Waals surface area contributed by atoms with Crippen molar-refractivity contribution in [3.05, 3.63) is 52.8 Å². The van der Waals surface area contributed by atoms with Crippen molar-refractivity contribution in [2.75, 3.05) is 20.2 Å². The van der Waals surface area contributed by atoms with Crippen LogP contribution in [0.5, 0.6) is 0 Å². The molecule has 0 bridgehead atoms. The largest absolute Gasteiger partial charge is 0.377 e. The summed E-state index contributed by atoms with van der Waals surface area (Å²) in [6.07, 6.45) is 4.16. The molecule has 6 heteroatoms. The Kier molecular flexibility index (Phi) is 4.60. The van der Waals surface area contributed by atoms with Gasteiger partial charge in [-0.3, -0.25) is 14.7 Å². The first kappa shape index (κ1) is 17.9. The number of hydrogen-bond acceptors (Lipinski definition) is 4. The van der Waals surface area contributed by atoms with Crippen molar-refractivity contribution in [1.29, 1.82) is 0 Å². The fraction of sp³-hybridized carbons (Fsp3) is 0.476. The molecule has 1 unspecified atom stereocenters. The van der Waals surface area contributed by atoms with E-state index >= 15 is 0 Å². The molecule has 0 saturated carbocycles. The molecule has 1 aliphatic heterocycles. The minimum absolute atomic E-state index is 0.0799. The van der Waals surface area contributed by atoms with Crippen LogP contribution in [0.1, 0.15) is 70.8 Å². The van der Waals surface area contributed by atoms with Crippen molar-refractivity contribution in [3.63, 3.8) is 0 Å². The highest BCUT2D eigenvalue weighted by molar-refractivity contribution is 5.97. The predicted molar refractivity (Wildman–Crippen MR) is 101 cm³/mol. The summed E-state index contributed by atoms with van der Waals surface area (Å²) in [4.78, 5) is 26.1. The Hall–Kier alpha value is -2.47. The molecule has 1 aromatic heterocycles. The molecule has 27 heavy (non-hydrogen) atoms. The van der Waals surface area contributed by atoms with E-state index in [0.717, 1.165) is 25.7 Å². The third kappa shape index (κ3) is 3.08. The maximum absolute atomic E-state index is 12.8. The molecule has 142 valence electrons. The first-order valence-corrected chi connectivity index (χ1v) is 9.52. The molecular weight excluding hydrogens is 342 g/mol. The second-order valence-corrected chi connectivity index (χ2v) is 7.65. The van der Waals surface area contributed by atoms with Crippen molar-refractivity contribution < 1.29 is 14.3 Å². The van der Waals surface area contributed by atoms with Crippen molar-refractivity contribution in [1.82, 2.24) is 15.1 Å². The van der Waals surface area contributed by atoms with E-state index in [1.54, 1.807) is 13.2 Å². The zero-order valence-corrected chi connectivity index (χ0v) is 15.8. The molecule has 2 heterocycles. The number of carbonyl (C=O) groups is 2. The lowest BCUT2D eigenvalue weighted by Crippen LogP contribution is -2.47. The Balaban J connectivity index is 1.51. The highest BCUT2D eigenvalue weighted by Gasteiger charge is 2.42. The first-order chi connectivity index (χ1) is 13.0. The molecule has 1 fully saturated rings. The third-order valence-corrected chi connectivity index (χ3v) is 6.23. The second kappa shape index (κ2) is 6.93. The van der Waals surface area contributed by atoms with Gasteiger partial charge >= 0.3 is 0 Å². The SMILES string of the molecule is COC1CCC2(CCN(C(=O)c3cc(C(C)=O)n[nH]3)CC2)c2ccccc21. The minimum Gasteiger partial charge on any atom is -0.377 e. The van der Waals surface area contributed by atoms with Crippen LogP contribution in [0, 0.1) is 0 Å². The molecule has 1 amide bonds. The number of ketones is 1. The van der Waals surface area contributed by atoms with E-state index in [4.69, 9.17) is 4.74 Å². The molecule has 1 saturated heterocycles. The van der Waals surface area contributed by atoms with Crippen LogP contribution in [-0.2, 0) is 10.2 Å². The Morgan fingerprint density at radius 1 is 1.22 bits per heavy atom. The van der Waals surface area contributed by atoms with Crippen LogP contribution in [0.4, 0.5) is 0 Å². The number of nitrogens with one attached hydrogen (secondary N) is 1. The van der Waals surface area contributed by atoms with Crippen LogP contribution in [0.2, 0.25) is 0 Å². The number of amides is 1. The molecule has 0 radical (unpaired) electrons. The van der Waals surface area contributed by atoms with E-state index < -0.39 is 0 Å². The average molecular weight is 367 g/mol. The standard InChI is InChI=1S/C21H25N3O3/c1-14(25)17-13-18(23-22-17)20(26)24-11-9-21(10-12-24)8-7-19(27-2)15-5-3-4-6-16(15)21/h3-6,13,19H,7-12H2,1-2H3,(H,22,23). The number of piperidine rings is 1. The summed E-state index contributed by atoms with van der Waals surface area (Å²) in [5.41, 5.74) is 3.50. The average Bonchev–Trinajstić information content (AvgIpc) is 3.19. The number of H-pyrrole nitrogens is 1. The number of hydrogen-bond donors (Lipinski definition) is 1. The zero-order chi connectivity index (χ0) is 19.0. The normalized spacial score (nSPS) is 21.1. The van der Waals surface area contributed by atoms with Gasteiger partial charge in [0, 0.05) is 27.1 Å². The van der Waals surface area contributed by atoms with Gasteiger partial charge in [-0.05, 0) is 48.3 Å². The first-order valence-electron chi connectivity index (χ1n) is 9.52. The number of aromatic amines is 1. The summed E-state index contributed by atoms with van der Waals surface area (Å²) in [6.45, 7) is 2.86. The number of fused-ring (bicyclic) bond motifs is 2. The van der Waals surface area contributed by atoms with E-state index in [1.807, 2.05) is 4.90 Å². The molecule has 1 spiro atoms. The Morgan fingerprint density at radius 2 is 1.96 bits per heavy atom. The van der Waals surface area contributed by atoms with Crippen molar-refractivity contribution in [2.45, 2.75) is 44.1 Å². The van der Waals surface area contributed by atoms with Crippen molar-refractivity contribution >= 4 is 11.7 Å². The van der Waals surface area contributed by atoms with E-state index in [0.29, 0.717) is 24.5 Å². The number of benzene rings is 1. The monoisotopic (exact) mass is 367 g/mol. The minimum atomic E-state index is -0.144. The van der Waals surface area contributed by atoms with Crippen LogP contribution in [0.15, 0.2) is 30.3 Å². The summed E-state index contributed by atoms with van der Waals surface area (Å²) in [5, 5.41) is 6.63. The zero-order valence-electron chi connectivity index (χ0n) is 15.8. The lowest BCUT2D eigenvalue weighted by molar-refractivity contribution is 0.0498. The highest BCUT2D eigenvalue weighted by Crippen LogP contribution is 2.48. The van der Waals surface area contributed by atoms with Crippen molar-refractivity contribution in [2.24, 2.45) is 0 Å². The topological polar surface area (TPSA) is 75.3 Å². The van der Waals surface area contributed by atoms with Gasteiger partial charge in [-0.15, -0.1) is 0 Å². The lowest BCUT2D eigenvalue weighted by Gasteiger charge is -2.46. The van der Waals surface area contributed by atoms with Gasteiger partial charge in [0.15, 0.2) is 5.78 Å². The number of aromatic nitrogens is 2. The molecule has 4 rings (SSSR count). The molecule has 6 nitrogen and oxygen atoms in total. The fourth-order valence-corrected chi connectivity index (χ4v) is 4.64. The molecular formula is C21H25N3O3. The Labute approximate surface area is 158 Å². The molecule has 1 aliphatic carbocycles. The van der Waals surface area contributed by atoms with Gasteiger partial charge in [0.25, 0.3) is 5.91 Å². The molecule has 1 atom stereocenters. The fourth-order valence-electron chi connectivity index (χ4n) is 4.64. The van der Waals surface area contributed by atoms with Gasteiger partial charge in [0.2, 0.25) is 0 Å². The van der Waals surface area contributed by atoms with Crippen LogP contribution >= 0.6 is 0 Å². The van der Waals surface area contributed by atoms with Gasteiger partial charge in [-0.1, -0.05) is 24.3 Å². The lowest BCUT2D eigenvalue weighted by atomic mass is 9.64. The van der Waals surface area contributed by atoms with Gasteiger partial charge in [0.1, 0.15) is 11.4 Å². The van der Waals surface area contributed by atoms with E-state index in [1.165, 1.54) is 18.1 Å². The van der Waals surface area contributed by atoms with E-state index in [-0.39, 0.29) is 23.2 Å². The molecule has 1 aromatic carbocycles. The summed E-state index contributed by atoms with van der Waals surface area (Å²) >= 11 is 0. The van der Waals surface area contributed by atoms with Gasteiger partial charge < -0.3 is 9.64 Å². The third-order valence-electron chi connectivity index (χ3n) is 6.23. The molecule has 1 N–H and O–H groups in total. The maximum atomic E-state index is 12.8. The number of nitrogens with zero attached hydrogens (tertiary/aromatic N) is 2. The Morgan fingerprint density at radius 3 is 2.63 bits per heavy atom. The maximum Gasteiger partial charge on any atom is 0.271 e. The number of Topliss-reactive ketones (excluding diaryl/α,β-unsaturated/α-hetero) is 1. The number of ether oxygens (including phenoxy) is 1. The number of methoxy groups -OCH3 is 1. The van der Waals surface area contributed by atoms with Crippen LogP contribution in [0.25, 0.3) is 0 Å². The second-order valence-electron chi connectivity index (χ2n) is 7.65. The van der Waals surface area contributed by atoms with E-state index in [9.17, 15) is 9.59 Å². The summed E-state index contributed by atoms with van der Waals surface area (Å²) < 4.78 is 5.69. The molecule has 2 aliphatic rings. The van der Waals surface area contributed by atoms with Crippen LogP contribution in [-0.4, -0.2) is 47.0 Å². The van der Waals surface area contributed by atoms with Crippen LogP contribution < -0.4 is 0 Å². The highest BCUT2D eigenvalue weighted by atomic mass is 16.5. The summed E-state index contributed by atoms with van der Waals surface area (Å²) in [6, 6.07) is 10.1. The number of carbonyl (C=O) groups excluding carboxylic acids is 2. The van der Waals surface area contributed by atoms with Gasteiger partial charge in [-0.25, -0.2) is 0 Å². The number of rotatable bonds is 3. The van der Waals surface area contributed by atoms with Crippen LogP contribution in [0.3, 0.4) is 0 Å². The van der Waals surface area contributed by atoms with E-state index in [2.05, 4.69) is 34.5 Å². The molecule has 2 aromatic rings. The van der Waals surface area contributed by atoms with Gasteiger partial charge in [0.05, 0.1) is 6.10 Å².